The van der Waals surface area contributed by atoms with Crippen LogP contribution in [0, 0.1) is 0 Å². The molecule has 0 bridgehead atoms. The van der Waals surface area contributed by atoms with Gasteiger partial charge < -0.3 is 9.08 Å². The Labute approximate surface area is 166 Å². The van der Waals surface area contributed by atoms with Gasteiger partial charge in [-0.15, -0.1) is 0 Å². The Morgan fingerprint density at radius 3 is 2.31 bits per heavy atom. The van der Waals surface area contributed by atoms with Gasteiger partial charge in [-0.3, -0.25) is 4.90 Å². The van der Waals surface area contributed by atoms with E-state index in [1.54, 1.807) is 12.1 Å². The van der Waals surface area contributed by atoms with Crippen molar-refractivity contribution in [3.8, 4) is 5.75 Å². The first-order valence-corrected chi connectivity index (χ1v) is 10.1. The van der Waals surface area contributed by atoms with E-state index in [0.717, 1.165) is 30.8 Å². The fraction of sp³-hybridized carbons (Fsp3) is 0.389. The SMILES string of the molecule is O=S(=O)(F)Oc1ccc(CN2CCCN(c3ccc(C(F)(F)F)cn3)CC2)cc1. The second kappa shape index (κ2) is 8.54. The van der Waals surface area contributed by atoms with Gasteiger partial charge in [0.15, 0.2) is 0 Å². The molecule has 1 saturated heterocycles. The minimum Gasteiger partial charge on any atom is -0.358 e. The third kappa shape index (κ3) is 6.29. The van der Waals surface area contributed by atoms with Gasteiger partial charge in [0, 0.05) is 38.9 Å². The van der Waals surface area contributed by atoms with E-state index < -0.39 is 22.2 Å². The number of hydrogen-bond acceptors (Lipinski definition) is 6. The molecule has 1 aromatic carbocycles. The van der Waals surface area contributed by atoms with Crippen LogP contribution in [-0.2, 0) is 23.2 Å². The maximum Gasteiger partial charge on any atom is 0.488 e. The lowest BCUT2D eigenvalue weighted by Gasteiger charge is -2.23. The summed E-state index contributed by atoms with van der Waals surface area (Å²) in [7, 11) is -5.05. The summed E-state index contributed by atoms with van der Waals surface area (Å²) >= 11 is 0. The first kappa shape index (κ1) is 21.3. The second-order valence-electron chi connectivity index (χ2n) is 6.64. The molecule has 0 aliphatic carbocycles. The lowest BCUT2D eigenvalue weighted by molar-refractivity contribution is -0.137. The molecule has 1 aliphatic heterocycles. The normalized spacial score (nSPS) is 16.5. The van der Waals surface area contributed by atoms with Crippen molar-refractivity contribution in [2.75, 3.05) is 31.1 Å². The molecule has 1 aromatic heterocycles. The molecule has 0 unspecified atom stereocenters. The van der Waals surface area contributed by atoms with E-state index in [4.69, 9.17) is 0 Å². The van der Waals surface area contributed by atoms with Crippen LogP contribution in [0.15, 0.2) is 42.6 Å². The van der Waals surface area contributed by atoms with Crippen LogP contribution in [0.4, 0.5) is 22.9 Å². The Balaban J connectivity index is 1.57. The summed E-state index contributed by atoms with van der Waals surface area (Å²) < 4.78 is 75.7. The maximum atomic E-state index is 12.7. The van der Waals surface area contributed by atoms with Gasteiger partial charge in [-0.2, -0.15) is 21.6 Å². The number of nitrogens with zero attached hydrogens (tertiary/aromatic N) is 3. The summed E-state index contributed by atoms with van der Waals surface area (Å²) in [4.78, 5) is 8.07. The molecule has 2 aromatic rings. The zero-order chi connectivity index (χ0) is 21.1. The van der Waals surface area contributed by atoms with Crippen LogP contribution < -0.4 is 9.08 Å². The van der Waals surface area contributed by atoms with Crippen molar-refractivity contribution in [2.45, 2.75) is 19.1 Å². The van der Waals surface area contributed by atoms with E-state index in [1.807, 2.05) is 4.90 Å². The van der Waals surface area contributed by atoms with E-state index in [2.05, 4.69) is 14.1 Å². The van der Waals surface area contributed by atoms with E-state index >= 15 is 0 Å². The molecule has 0 radical (unpaired) electrons. The molecule has 0 saturated carbocycles. The summed E-state index contributed by atoms with van der Waals surface area (Å²) in [6, 6.07) is 8.48. The molecule has 0 atom stereocenters. The van der Waals surface area contributed by atoms with E-state index in [-0.39, 0.29) is 5.75 Å². The van der Waals surface area contributed by atoms with Crippen molar-refractivity contribution in [3.05, 3.63) is 53.7 Å². The van der Waals surface area contributed by atoms with Crippen molar-refractivity contribution in [2.24, 2.45) is 0 Å². The molecule has 29 heavy (non-hydrogen) atoms. The highest BCUT2D eigenvalue weighted by Gasteiger charge is 2.31. The Kier molecular flexibility index (Phi) is 6.27. The Hall–Kier alpha value is -2.40. The topological polar surface area (TPSA) is 62.7 Å². The van der Waals surface area contributed by atoms with Crippen LogP contribution >= 0.6 is 0 Å². The van der Waals surface area contributed by atoms with Crippen LogP contribution in [0.5, 0.6) is 5.75 Å². The van der Waals surface area contributed by atoms with Crippen LogP contribution in [0.3, 0.4) is 0 Å². The standard InChI is InChI=1S/C18H19F4N3O3S/c19-18(20,21)15-4-7-17(23-12-15)25-9-1-8-24(10-11-25)13-14-2-5-16(6-3-14)28-29(22,26)27/h2-7,12H,1,8-11,13H2. The van der Waals surface area contributed by atoms with Crippen molar-refractivity contribution in [3.63, 3.8) is 0 Å². The number of benzene rings is 1. The quantitative estimate of drug-likeness (QED) is 0.532. The third-order valence-corrected chi connectivity index (χ3v) is 4.90. The Bertz CT molecular complexity index is 919. The van der Waals surface area contributed by atoms with Gasteiger partial charge >= 0.3 is 16.7 Å². The second-order valence-corrected chi connectivity index (χ2v) is 7.59. The maximum absolute atomic E-state index is 12.7. The average Bonchev–Trinajstić information content (AvgIpc) is 2.87. The van der Waals surface area contributed by atoms with Gasteiger partial charge in [-0.1, -0.05) is 16.0 Å². The zero-order valence-corrected chi connectivity index (χ0v) is 16.1. The number of aromatic nitrogens is 1. The minimum atomic E-state index is -5.05. The van der Waals surface area contributed by atoms with Crippen LogP contribution in [0.1, 0.15) is 17.5 Å². The molecule has 11 heteroatoms. The molecular formula is C18H19F4N3O3S. The molecule has 1 fully saturated rings. The van der Waals surface area contributed by atoms with Gasteiger partial charge in [-0.25, -0.2) is 4.98 Å². The summed E-state index contributed by atoms with van der Waals surface area (Å²) in [5, 5.41) is 0. The number of anilines is 1. The predicted molar refractivity (Wildman–Crippen MR) is 98.4 cm³/mol. The van der Waals surface area contributed by atoms with Crippen molar-refractivity contribution in [1.29, 1.82) is 0 Å². The molecule has 2 heterocycles. The molecule has 0 amide bonds. The van der Waals surface area contributed by atoms with Crippen molar-refractivity contribution >= 4 is 16.3 Å². The monoisotopic (exact) mass is 433 g/mol. The summed E-state index contributed by atoms with van der Waals surface area (Å²) in [6.07, 6.45) is -2.75. The smallest absolute Gasteiger partial charge is 0.358 e. The lowest BCUT2D eigenvalue weighted by Crippen LogP contribution is -2.31. The first-order chi connectivity index (χ1) is 13.6. The molecule has 0 spiro atoms. The van der Waals surface area contributed by atoms with Crippen LogP contribution in [-0.4, -0.2) is 44.5 Å². The third-order valence-electron chi connectivity index (χ3n) is 4.51. The Morgan fingerprint density at radius 1 is 1.00 bits per heavy atom. The largest absolute Gasteiger partial charge is 0.488 e. The zero-order valence-electron chi connectivity index (χ0n) is 15.3. The fourth-order valence-electron chi connectivity index (χ4n) is 3.12. The van der Waals surface area contributed by atoms with Crippen molar-refractivity contribution in [1.82, 2.24) is 9.88 Å². The molecular weight excluding hydrogens is 414 g/mol. The lowest BCUT2D eigenvalue weighted by atomic mass is 10.2. The molecule has 1 aliphatic rings. The molecule has 6 nitrogen and oxygen atoms in total. The van der Waals surface area contributed by atoms with Crippen LogP contribution in [0.2, 0.25) is 0 Å². The van der Waals surface area contributed by atoms with Crippen molar-refractivity contribution < 1.29 is 29.7 Å². The number of alkyl halides is 3. The number of halogens is 4. The van der Waals surface area contributed by atoms with E-state index in [9.17, 15) is 25.5 Å². The highest BCUT2D eigenvalue weighted by atomic mass is 32.3. The number of rotatable bonds is 5. The summed E-state index contributed by atoms with van der Waals surface area (Å²) in [5.74, 6) is 0.403. The highest BCUT2D eigenvalue weighted by Crippen LogP contribution is 2.29. The van der Waals surface area contributed by atoms with E-state index in [0.29, 0.717) is 32.0 Å². The Morgan fingerprint density at radius 2 is 1.72 bits per heavy atom. The van der Waals surface area contributed by atoms with Gasteiger partial charge in [0.2, 0.25) is 0 Å². The number of pyridine rings is 1. The van der Waals surface area contributed by atoms with Crippen LogP contribution in [0.25, 0.3) is 0 Å². The first-order valence-electron chi connectivity index (χ1n) is 8.84. The molecule has 3 rings (SSSR count). The highest BCUT2D eigenvalue weighted by molar-refractivity contribution is 7.81. The molecule has 0 N–H and O–H groups in total. The average molecular weight is 433 g/mol. The van der Waals surface area contributed by atoms with Gasteiger partial charge in [-0.05, 0) is 36.2 Å². The van der Waals surface area contributed by atoms with Gasteiger partial charge in [0.1, 0.15) is 11.6 Å². The summed E-state index contributed by atoms with van der Waals surface area (Å²) in [6.45, 7) is 3.35. The predicted octanol–water partition coefficient (Wildman–Crippen LogP) is 3.41. The fourth-order valence-corrected chi connectivity index (χ4v) is 3.46. The minimum absolute atomic E-state index is 0.105. The van der Waals surface area contributed by atoms with Gasteiger partial charge in [0.25, 0.3) is 0 Å². The number of hydrogen-bond donors (Lipinski definition) is 0. The molecule has 158 valence electrons. The van der Waals surface area contributed by atoms with Gasteiger partial charge in [0.05, 0.1) is 5.56 Å². The summed E-state index contributed by atoms with van der Waals surface area (Å²) in [5.41, 5.74) is 0.125. The van der Waals surface area contributed by atoms with E-state index in [1.165, 1.54) is 18.2 Å².